The molecule has 26 heavy (non-hydrogen) atoms. The van der Waals surface area contributed by atoms with Crippen molar-refractivity contribution in [2.24, 2.45) is 0 Å². The summed E-state index contributed by atoms with van der Waals surface area (Å²) in [5.74, 6) is 0.937. The minimum atomic E-state index is -4.38. The van der Waals surface area contributed by atoms with Crippen molar-refractivity contribution in [3.63, 3.8) is 0 Å². The molecule has 0 aliphatic rings. The summed E-state index contributed by atoms with van der Waals surface area (Å²) < 4.78 is 38.4. The number of halogens is 4. The maximum absolute atomic E-state index is 12.5. The molecule has 0 radical (unpaired) electrons. The molecule has 0 aliphatic heterocycles. The standard InChI is InChI=1S/C14H9F3N2O.C4H10ClN/c15-14(16,17)10-7-5-9(6-8-10)13-18-11-3-1-2-4-12(11)19(13)20;1-6(2)4-3-5/h1-8,20H;3-4H2,1-2H3. The molecule has 0 amide bonds. The predicted octanol–water partition coefficient (Wildman–Crippen LogP) is 4.75. The molecule has 3 rings (SSSR count). The molecule has 0 atom stereocenters. The van der Waals surface area contributed by atoms with Gasteiger partial charge in [0.25, 0.3) is 0 Å². The highest BCUT2D eigenvalue weighted by molar-refractivity contribution is 6.18. The fraction of sp³-hybridized carbons (Fsp3) is 0.278. The molecule has 1 heterocycles. The number of hydrogen-bond donors (Lipinski definition) is 1. The second-order valence-corrected chi connectivity index (χ2v) is 6.18. The minimum absolute atomic E-state index is 0.208. The summed E-state index contributed by atoms with van der Waals surface area (Å²) in [5.41, 5.74) is 0.755. The van der Waals surface area contributed by atoms with Crippen LogP contribution < -0.4 is 0 Å². The topological polar surface area (TPSA) is 41.3 Å². The SMILES string of the molecule is CN(C)CCCl.On1c(-c2ccc(C(F)(F)F)cc2)nc2ccccc21. The van der Waals surface area contributed by atoms with Crippen molar-refractivity contribution >= 4 is 22.6 Å². The van der Waals surface area contributed by atoms with Crippen LogP contribution in [0, 0.1) is 0 Å². The zero-order chi connectivity index (χ0) is 19.3. The van der Waals surface area contributed by atoms with Crippen molar-refractivity contribution in [3.8, 4) is 11.4 Å². The summed E-state index contributed by atoms with van der Waals surface area (Å²) in [4.78, 5) is 6.25. The van der Waals surface area contributed by atoms with Gasteiger partial charge >= 0.3 is 6.18 Å². The van der Waals surface area contributed by atoms with E-state index in [0.29, 0.717) is 16.6 Å². The maximum Gasteiger partial charge on any atom is 0.416 e. The number of hydrogen-bond acceptors (Lipinski definition) is 3. The van der Waals surface area contributed by atoms with E-state index in [9.17, 15) is 18.4 Å². The van der Waals surface area contributed by atoms with Crippen molar-refractivity contribution in [2.75, 3.05) is 26.5 Å². The Morgan fingerprint density at radius 2 is 1.69 bits per heavy atom. The molecule has 0 aliphatic carbocycles. The molecule has 2 aromatic carbocycles. The van der Waals surface area contributed by atoms with E-state index in [4.69, 9.17) is 11.6 Å². The van der Waals surface area contributed by atoms with E-state index in [-0.39, 0.29) is 5.82 Å². The average Bonchev–Trinajstić information content (AvgIpc) is 2.92. The van der Waals surface area contributed by atoms with Gasteiger partial charge in [0.15, 0.2) is 5.82 Å². The lowest BCUT2D eigenvalue weighted by Crippen LogP contribution is -2.13. The Morgan fingerprint density at radius 1 is 1.08 bits per heavy atom. The summed E-state index contributed by atoms with van der Waals surface area (Å²) in [5, 5.41) is 10.0. The van der Waals surface area contributed by atoms with Gasteiger partial charge in [-0.1, -0.05) is 24.3 Å². The fourth-order valence-electron chi connectivity index (χ4n) is 2.18. The van der Waals surface area contributed by atoms with Gasteiger partial charge < -0.3 is 10.1 Å². The van der Waals surface area contributed by atoms with Crippen molar-refractivity contribution in [1.82, 2.24) is 14.6 Å². The fourth-order valence-corrected chi connectivity index (χ4v) is 2.52. The van der Waals surface area contributed by atoms with Gasteiger partial charge in [-0.15, -0.1) is 11.6 Å². The lowest BCUT2D eigenvalue weighted by atomic mass is 10.1. The molecule has 0 spiro atoms. The quantitative estimate of drug-likeness (QED) is 0.522. The third kappa shape index (κ3) is 4.89. The van der Waals surface area contributed by atoms with Crippen LogP contribution in [0.5, 0.6) is 0 Å². The van der Waals surface area contributed by atoms with Crippen molar-refractivity contribution in [2.45, 2.75) is 6.18 Å². The number of rotatable bonds is 3. The summed E-state index contributed by atoms with van der Waals surface area (Å²) in [6.07, 6.45) is -4.38. The van der Waals surface area contributed by atoms with E-state index in [0.717, 1.165) is 29.3 Å². The highest BCUT2D eigenvalue weighted by atomic mass is 35.5. The van der Waals surface area contributed by atoms with Gasteiger partial charge in [-0.3, -0.25) is 0 Å². The molecule has 140 valence electrons. The van der Waals surface area contributed by atoms with Crippen LogP contribution in [0.1, 0.15) is 5.56 Å². The molecule has 0 saturated carbocycles. The molecule has 1 aromatic heterocycles. The van der Waals surface area contributed by atoms with Crippen LogP contribution in [0.25, 0.3) is 22.4 Å². The summed E-state index contributed by atoms with van der Waals surface area (Å²) >= 11 is 5.35. The predicted molar refractivity (Wildman–Crippen MR) is 96.6 cm³/mol. The van der Waals surface area contributed by atoms with Gasteiger partial charge in [-0.05, 0) is 38.4 Å². The summed E-state index contributed by atoms with van der Waals surface area (Å²) in [6, 6.07) is 11.4. The Balaban J connectivity index is 0.000000352. The summed E-state index contributed by atoms with van der Waals surface area (Å²) in [7, 11) is 4.00. The number of imidazole rings is 1. The third-order valence-electron chi connectivity index (χ3n) is 3.54. The number of fused-ring (bicyclic) bond motifs is 1. The van der Waals surface area contributed by atoms with Crippen molar-refractivity contribution < 1.29 is 18.4 Å². The maximum atomic E-state index is 12.5. The highest BCUT2D eigenvalue weighted by Gasteiger charge is 2.30. The number of nitrogens with zero attached hydrogens (tertiary/aromatic N) is 3. The zero-order valence-electron chi connectivity index (χ0n) is 14.3. The van der Waals surface area contributed by atoms with Gasteiger partial charge in [0.1, 0.15) is 5.52 Å². The van der Waals surface area contributed by atoms with Crippen LogP contribution in [0.15, 0.2) is 48.5 Å². The van der Waals surface area contributed by atoms with E-state index in [1.807, 2.05) is 19.0 Å². The highest BCUT2D eigenvalue weighted by Crippen LogP contribution is 2.31. The number of benzene rings is 2. The Bertz CT molecular complexity index is 845. The molecule has 8 heteroatoms. The van der Waals surface area contributed by atoms with Gasteiger partial charge in [0, 0.05) is 18.0 Å². The normalized spacial score (nSPS) is 11.5. The van der Waals surface area contributed by atoms with Gasteiger partial charge in [-0.25, -0.2) is 4.98 Å². The summed E-state index contributed by atoms with van der Waals surface area (Å²) in [6.45, 7) is 0.974. The van der Waals surface area contributed by atoms with Crippen LogP contribution in [0.3, 0.4) is 0 Å². The Labute approximate surface area is 154 Å². The van der Waals surface area contributed by atoms with E-state index in [1.165, 1.54) is 12.1 Å². The number of alkyl halides is 4. The molecule has 0 unspecified atom stereocenters. The first kappa shape index (κ1) is 20.1. The molecular formula is C18H19ClF3N3O. The second-order valence-electron chi connectivity index (χ2n) is 5.80. The zero-order valence-corrected chi connectivity index (χ0v) is 15.1. The largest absolute Gasteiger partial charge is 0.426 e. The Kier molecular flexibility index (Phi) is 6.50. The lowest BCUT2D eigenvalue weighted by molar-refractivity contribution is -0.137. The number of para-hydroxylation sites is 2. The first-order chi connectivity index (χ1) is 12.2. The first-order valence-corrected chi connectivity index (χ1v) is 8.32. The van der Waals surface area contributed by atoms with Crippen LogP contribution in [0.4, 0.5) is 13.2 Å². The molecule has 0 bridgehead atoms. The molecule has 0 fully saturated rings. The Hall–Kier alpha value is -2.25. The van der Waals surface area contributed by atoms with E-state index >= 15 is 0 Å². The van der Waals surface area contributed by atoms with E-state index in [1.54, 1.807) is 24.3 Å². The van der Waals surface area contributed by atoms with Gasteiger partial charge in [-0.2, -0.15) is 17.9 Å². The van der Waals surface area contributed by atoms with Crippen LogP contribution in [0.2, 0.25) is 0 Å². The van der Waals surface area contributed by atoms with Crippen molar-refractivity contribution in [1.29, 1.82) is 0 Å². The third-order valence-corrected chi connectivity index (χ3v) is 3.71. The van der Waals surface area contributed by atoms with E-state index < -0.39 is 11.7 Å². The molecular weight excluding hydrogens is 367 g/mol. The molecule has 3 aromatic rings. The lowest BCUT2D eigenvalue weighted by Gasteiger charge is -2.07. The smallest absolute Gasteiger partial charge is 0.416 e. The van der Waals surface area contributed by atoms with Crippen molar-refractivity contribution in [3.05, 3.63) is 54.1 Å². The minimum Gasteiger partial charge on any atom is -0.426 e. The monoisotopic (exact) mass is 385 g/mol. The average molecular weight is 386 g/mol. The molecule has 0 saturated heterocycles. The van der Waals surface area contributed by atoms with Crippen LogP contribution >= 0.6 is 11.6 Å². The Morgan fingerprint density at radius 3 is 2.15 bits per heavy atom. The number of aromatic nitrogens is 2. The van der Waals surface area contributed by atoms with E-state index in [2.05, 4.69) is 4.98 Å². The van der Waals surface area contributed by atoms with Crippen LogP contribution in [-0.2, 0) is 6.18 Å². The van der Waals surface area contributed by atoms with Gasteiger partial charge in [0.05, 0.1) is 11.1 Å². The second kappa shape index (κ2) is 8.42. The van der Waals surface area contributed by atoms with Gasteiger partial charge in [0.2, 0.25) is 0 Å². The molecule has 4 nitrogen and oxygen atoms in total. The van der Waals surface area contributed by atoms with Crippen LogP contribution in [-0.4, -0.2) is 46.3 Å². The first-order valence-electron chi connectivity index (χ1n) is 7.79. The molecule has 1 N–H and O–H groups in total.